The molecule has 1 saturated heterocycles. The Kier molecular flexibility index (Phi) is 5.56. The number of amides is 1. The molecule has 0 bridgehead atoms. The molecule has 1 fully saturated rings. The molecule has 0 N–H and O–H groups in total. The minimum atomic E-state index is 0.197. The molecule has 24 heavy (non-hydrogen) atoms. The molecule has 3 rings (SSSR count). The smallest absolute Gasteiger partial charge is 0.226 e. The van der Waals surface area contributed by atoms with E-state index < -0.39 is 0 Å². The third kappa shape index (κ3) is 4.19. The Morgan fingerprint density at radius 2 is 2.33 bits per heavy atom. The Morgan fingerprint density at radius 3 is 3.08 bits per heavy atom. The SMILES string of the molecule is CCc1nc([C@@H]2CCCN(C(=O)CCCc3ccccn3)C2)no1. The Bertz CT molecular complexity index is 656. The van der Waals surface area contributed by atoms with Crippen molar-refractivity contribution in [1.29, 1.82) is 0 Å². The Labute approximate surface area is 142 Å². The molecule has 3 heterocycles. The predicted molar refractivity (Wildman–Crippen MR) is 89.4 cm³/mol. The van der Waals surface area contributed by atoms with E-state index in [2.05, 4.69) is 15.1 Å². The van der Waals surface area contributed by atoms with Crippen LogP contribution in [0.15, 0.2) is 28.9 Å². The fourth-order valence-electron chi connectivity index (χ4n) is 3.12. The molecule has 0 saturated carbocycles. The first-order valence-electron chi connectivity index (χ1n) is 8.76. The van der Waals surface area contributed by atoms with Crippen LogP contribution in [0.4, 0.5) is 0 Å². The molecule has 0 aliphatic carbocycles. The summed E-state index contributed by atoms with van der Waals surface area (Å²) >= 11 is 0. The number of pyridine rings is 1. The lowest BCUT2D eigenvalue weighted by atomic mass is 9.97. The van der Waals surface area contributed by atoms with E-state index in [1.807, 2.05) is 30.0 Å². The standard InChI is InChI=1S/C18H24N4O2/c1-2-16-20-18(21-24-16)14-7-6-12-22(13-14)17(23)10-5-9-15-8-3-4-11-19-15/h3-4,8,11,14H,2,5-7,9-10,12-13H2,1H3/t14-/m1/s1. The second-order valence-corrected chi connectivity index (χ2v) is 6.25. The van der Waals surface area contributed by atoms with Crippen LogP contribution in [0.2, 0.25) is 0 Å². The second kappa shape index (κ2) is 8.04. The molecule has 1 atom stereocenters. The number of carbonyl (C=O) groups is 1. The molecule has 1 amide bonds. The van der Waals surface area contributed by atoms with Crippen molar-refractivity contribution in [3.63, 3.8) is 0 Å². The average molecular weight is 328 g/mol. The van der Waals surface area contributed by atoms with Crippen molar-refractivity contribution in [3.8, 4) is 0 Å². The first kappa shape index (κ1) is 16.6. The second-order valence-electron chi connectivity index (χ2n) is 6.25. The Hall–Kier alpha value is -2.24. The van der Waals surface area contributed by atoms with Gasteiger partial charge in [0.2, 0.25) is 11.8 Å². The Balaban J connectivity index is 1.49. The summed E-state index contributed by atoms with van der Waals surface area (Å²) in [5.74, 6) is 1.83. The zero-order chi connectivity index (χ0) is 16.8. The number of hydrogen-bond donors (Lipinski definition) is 0. The van der Waals surface area contributed by atoms with Crippen LogP contribution in [0, 0.1) is 0 Å². The molecule has 0 unspecified atom stereocenters. The van der Waals surface area contributed by atoms with Crippen molar-refractivity contribution in [1.82, 2.24) is 20.0 Å². The lowest BCUT2D eigenvalue weighted by molar-refractivity contribution is -0.132. The van der Waals surface area contributed by atoms with Crippen molar-refractivity contribution < 1.29 is 9.32 Å². The average Bonchev–Trinajstić information content (AvgIpc) is 3.12. The largest absolute Gasteiger partial charge is 0.342 e. The van der Waals surface area contributed by atoms with Gasteiger partial charge in [-0.1, -0.05) is 18.1 Å². The van der Waals surface area contributed by atoms with Gasteiger partial charge < -0.3 is 9.42 Å². The minimum Gasteiger partial charge on any atom is -0.342 e. The third-order valence-corrected chi connectivity index (χ3v) is 4.48. The van der Waals surface area contributed by atoms with Crippen LogP contribution in [-0.4, -0.2) is 39.0 Å². The molecule has 2 aromatic heterocycles. The molecule has 0 aromatic carbocycles. The monoisotopic (exact) mass is 328 g/mol. The van der Waals surface area contributed by atoms with Gasteiger partial charge in [-0.25, -0.2) is 0 Å². The molecule has 128 valence electrons. The number of aryl methyl sites for hydroxylation is 2. The minimum absolute atomic E-state index is 0.197. The van der Waals surface area contributed by atoms with Crippen LogP contribution in [-0.2, 0) is 17.6 Å². The fraction of sp³-hybridized carbons (Fsp3) is 0.556. The molecule has 2 aromatic rings. The van der Waals surface area contributed by atoms with E-state index in [9.17, 15) is 4.79 Å². The molecule has 6 nitrogen and oxygen atoms in total. The molecule has 1 aliphatic heterocycles. The number of nitrogens with zero attached hydrogens (tertiary/aromatic N) is 4. The zero-order valence-electron chi connectivity index (χ0n) is 14.1. The molecule has 0 spiro atoms. The van der Waals surface area contributed by atoms with Gasteiger partial charge in [-0.2, -0.15) is 4.98 Å². The van der Waals surface area contributed by atoms with Gasteiger partial charge in [-0.05, 0) is 37.8 Å². The number of piperidine rings is 1. The maximum atomic E-state index is 12.5. The van der Waals surface area contributed by atoms with Gasteiger partial charge >= 0.3 is 0 Å². The van der Waals surface area contributed by atoms with E-state index >= 15 is 0 Å². The van der Waals surface area contributed by atoms with E-state index in [0.29, 0.717) is 18.9 Å². The van der Waals surface area contributed by atoms with Gasteiger partial charge in [0.15, 0.2) is 5.82 Å². The number of hydrogen-bond acceptors (Lipinski definition) is 5. The molecular weight excluding hydrogens is 304 g/mol. The van der Waals surface area contributed by atoms with Crippen molar-refractivity contribution in [2.24, 2.45) is 0 Å². The summed E-state index contributed by atoms with van der Waals surface area (Å²) < 4.78 is 5.21. The van der Waals surface area contributed by atoms with E-state index in [-0.39, 0.29) is 11.8 Å². The third-order valence-electron chi connectivity index (χ3n) is 4.48. The van der Waals surface area contributed by atoms with Gasteiger partial charge in [0, 0.05) is 43.7 Å². The van der Waals surface area contributed by atoms with Crippen molar-refractivity contribution in [2.75, 3.05) is 13.1 Å². The molecule has 0 radical (unpaired) electrons. The van der Waals surface area contributed by atoms with Gasteiger partial charge in [0.05, 0.1) is 0 Å². The number of likely N-dealkylation sites (tertiary alicyclic amines) is 1. The highest BCUT2D eigenvalue weighted by Crippen LogP contribution is 2.25. The van der Waals surface area contributed by atoms with Gasteiger partial charge in [-0.3, -0.25) is 9.78 Å². The van der Waals surface area contributed by atoms with Gasteiger partial charge in [0.1, 0.15) is 0 Å². The van der Waals surface area contributed by atoms with Gasteiger partial charge in [-0.15, -0.1) is 0 Å². The summed E-state index contributed by atoms with van der Waals surface area (Å²) in [5.41, 5.74) is 1.04. The quantitative estimate of drug-likeness (QED) is 0.815. The van der Waals surface area contributed by atoms with E-state index in [1.165, 1.54) is 0 Å². The highest BCUT2D eigenvalue weighted by atomic mass is 16.5. The summed E-state index contributed by atoms with van der Waals surface area (Å²) in [7, 11) is 0. The van der Waals surface area contributed by atoms with Crippen LogP contribution < -0.4 is 0 Å². The topological polar surface area (TPSA) is 72.1 Å². The summed E-state index contributed by atoms with van der Waals surface area (Å²) in [6.07, 6.45) is 6.79. The highest BCUT2D eigenvalue weighted by Gasteiger charge is 2.27. The lowest BCUT2D eigenvalue weighted by Gasteiger charge is -2.31. The molecule has 6 heteroatoms. The Morgan fingerprint density at radius 1 is 1.42 bits per heavy atom. The number of rotatable bonds is 6. The first-order valence-corrected chi connectivity index (χ1v) is 8.76. The van der Waals surface area contributed by atoms with E-state index in [0.717, 1.165) is 50.2 Å². The van der Waals surface area contributed by atoms with Gasteiger partial charge in [0.25, 0.3) is 0 Å². The van der Waals surface area contributed by atoms with E-state index in [4.69, 9.17) is 4.52 Å². The van der Waals surface area contributed by atoms with Crippen LogP contribution in [0.3, 0.4) is 0 Å². The van der Waals surface area contributed by atoms with Crippen LogP contribution in [0.25, 0.3) is 0 Å². The van der Waals surface area contributed by atoms with Crippen LogP contribution in [0.5, 0.6) is 0 Å². The number of aromatic nitrogens is 3. The highest BCUT2D eigenvalue weighted by molar-refractivity contribution is 5.76. The van der Waals surface area contributed by atoms with E-state index in [1.54, 1.807) is 6.20 Å². The molecule has 1 aliphatic rings. The first-order chi connectivity index (χ1) is 11.8. The predicted octanol–water partition coefficient (Wildman–Crippen LogP) is 2.76. The lowest BCUT2D eigenvalue weighted by Crippen LogP contribution is -2.39. The maximum absolute atomic E-state index is 12.5. The summed E-state index contributed by atoms with van der Waals surface area (Å²) in [6.45, 7) is 3.53. The summed E-state index contributed by atoms with van der Waals surface area (Å²) in [4.78, 5) is 23.1. The summed E-state index contributed by atoms with van der Waals surface area (Å²) in [6, 6.07) is 5.89. The molecular formula is C18H24N4O2. The zero-order valence-corrected chi connectivity index (χ0v) is 14.1. The maximum Gasteiger partial charge on any atom is 0.226 e. The summed E-state index contributed by atoms with van der Waals surface area (Å²) in [5, 5.41) is 4.07. The fourth-order valence-corrected chi connectivity index (χ4v) is 3.12. The van der Waals surface area contributed by atoms with Crippen LogP contribution >= 0.6 is 0 Å². The van der Waals surface area contributed by atoms with Crippen LogP contribution in [0.1, 0.15) is 55.9 Å². The number of carbonyl (C=O) groups excluding carboxylic acids is 1. The van der Waals surface area contributed by atoms with Crippen molar-refractivity contribution in [2.45, 2.75) is 51.4 Å². The van der Waals surface area contributed by atoms with Crippen molar-refractivity contribution in [3.05, 3.63) is 41.8 Å². The normalized spacial score (nSPS) is 17.9. The van der Waals surface area contributed by atoms with Crippen molar-refractivity contribution >= 4 is 5.91 Å².